The summed E-state index contributed by atoms with van der Waals surface area (Å²) in [6, 6.07) is 14.9. The minimum absolute atomic E-state index is 0.498. The normalized spacial score (nSPS) is 12.7. The van der Waals surface area contributed by atoms with Crippen molar-refractivity contribution in [3.8, 4) is 11.3 Å². The van der Waals surface area contributed by atoms with Crippen LogP contribution in [0.3, 0.4) is 0 Å². The summed E-state index contributed by atoms with van der Waals surface area (Å²) in [5, 5.41) is 1.02. The zero-order valence-electron chi connectivity index (χ0n) is 14.9. The summed E-state index contributed by atoms with van der Waals surface area (Å²) < 4.78 is 0. The number of aromatic nitrogens is 1. The van der Waals surface area contributed by atoms with Crippen molar-refractivity contribution in [1.82, 2.24) is 4.98 Å². The Morgan fingerprint density at radius 2 is 1.67 bits per heavy atom. The Labute approximate surface area is 143 Å². The van der Waals surface area contributed by atoms with Crippen molar-refractivity contribution in [2.75, 3.05) is 0 Å². The first-order chi connectivity index (χ1) is 11.5. The average molecular weight is 319 g/mol. The summed E-state index contributed by atoms with van der Waals surface area (Å²) in [7, 11) is 0. The van der Waals surface area contributed by atoms with Gasteiger partial charge in [0.05, 0.1) is 5.69 Å². The van der Waals surface area contributed by atoms with Crippen LogP contribution in [0, 0.1) is 0 Å². The maximum atomic E-state index is 11.8. The first kappa shape index (κ1) is 16.5. The fraction of sp³-hybridized carbons (Fsp3) is 0.318. The molecule has 24 heavy (non-hydrogen) atoms. The standard InChI is InChI=1S/C22H25NO/c1-5-15(4)18-10-11-21-19(12-18)20(13-24)22(23-21)17-8-6-16(7-9-17)14(2)3/h6-15,23H,5H2,1-4H3. The SMILES string of the molecule is CCC(C)c1ccc2[nH]c(-c3ccc(C(C)C)cc3)c(C=O)c2c1. The minimum atomic E-state index is 0.498. The lowest BCUT2D eigenvalue weighted by Gasteiger charge is -2.08. The van der Waals surface area contributed by atoms with E-state index in [2.05, 4.69) is 75.1 Å². The van der Waals surface area contributed by atoms with Crippen molar-refractivity contribution >= 4 is 17.2 Å². The zero-order valence-corrected chi connectivity index (χ0v) is 14.9. The lowest BCUT2D eigenvalue weighted by Crippen LogP contribution is -1.91. The maximum Gasteiger partial charge on any atom is 0.152 e. The number of carbonyl (C=O) groups is 1. The minimum Gasteiger partial charge on any atom is -0.354 e. The number of rotatable bonds is 5. The van der Waals surface area contributed by atoms with Crippen molar-refractivity contribution in [3.63, 3.8) is 0 Å². The van der Waals surface area contributed by atoms with Gasteiger partial charge in [-0.05, 0) is 47.1 Å². The van der Waals surface area contributed by atoms with Gasteiger partial charge in [0.15, 0.2) is 6.29 Å². The second-order valence-corrected chi connectivity index (χ2v) is 6.92. The smallest absolute Gasteiger partial charge is 0.152 e. The first-order valence-corrected chi connectivity index (χ1v) is 8.76. The van der Waals surface area contributed by atoms with Crippen LogP contribution in [0.1, 0.15) is 67.4 Å². The topological polar surface area (TPSA) is 32.9 Å². The molecular formula is C22H25NO. The molecule has 3 aromatic rings. The van der Waals surface area contributed by atoms with Crippen LogP contribution in [0.5, 0.6) is 0 Å². The fourth-order valence-electron chi connectivity index (χ4n) is 3.16. The molecule has 2 aromatic carbocycles. The highest BCUT2D eigenvalue weighted by molar-refractivity contribution is 6.04. The van der Waals surface area contributed by atoms with E-state index in [9.17, 15) is 4.79 Å². The van der Waals surface area contributed by atoms with E-state index in [1.165, 1.54) is 11.1 Å². The molecule has 1 heterocycles. The van der Waals surface area contributed by atoms with Crippen LogP contribution in [0.2, 0.25) is 0 Å². The number of benzene rings is 2. The molecule has 0 aliphatic heterocycles. The first-order valence-electron chi connectivity index (χ1n) is 8.76. The van der Waals surface area contributed by atoms with Gasteiger partial charge < -0.3 is 4.98 Å². The van der Waals surface area contributed by atoms with Crippen molar-refractivity contribution in [1.29, 1.82) is 0 Å². The Morgan fingerprint density at radius 3 is 2.25 bits per heavy atom. The Morgan fingerprint density at radius 1 is 1.00 bits per heavy atom. The van der Waals surface area contributed by atoms with E-state index < -0.39 is 0 Å². The van der Waals surface area contributed by atoms with E-state index in [4.69, 9.17) is 0 Å². The fourth-order valence-corrected chi connectivity index (χ4v) is 3.16. The molecular weight excluding hydrogens is 294 g/mol. The number of aromatic amines is 1. The van der Waals surface area contributed by atoms with E-state index >= 15 is 0 Å². The molecule has 1 N–H and O–H groups in total. The summed E-state index contributed by atoms with van der Waals surface area (Å²) in [6.07, 6.45) is 2.07. The Balaban J connectivity index is 2.12. The van der Waals surface area contributed by atoms with Gasteiger partial charge in [0.1, 0.15) is 0 Å². The molecule has 124 valence electrons. The van der Waals surface area contributed by atoms with Gasteiger partial charge >= 0.3 is 0 Å². The molecule has 0 aliphatic carbocycles. The predicted molar refractivity (Wildman–Crippen MR) is 102 cm³/mol. The number of nitrogens with one attached hydrogen (secondary N) is 1. The van der Waals surface area contributed by atoms with Gasteiger partial charge in [-0.3, -0.25) is 4.79 Å². The number of hydrogen-bond donors (Lipinski definition) is 1. The third kappa shape index (κ3) is 2.89. The van der Waals surface area contributed by atoms with Crippen molar-refractivity contribution in [3.05, 3.63) is 59.2 Å². The number of hydrogen-bond acceptors (Lipinski definition) is 1. The van der Waals surface area contributed by atoms with Gasteiger partial charge in [-0.15, -0.1) is 0 Å². The van der Waals surface area contributed by atoms with Crippen LogP contribution in [-0.2, 0) is 0 Å². The molecule has 3 rings (SSSR count). The molecule has 0 fully saturated rings. The molecule has 1 atom stereocenters. The van der Waals surface area contributed by atoms with Gasteiger partial charge in [-0.2, -0.15) is 0 Å². The summed E-state index contributed by atoms with van der Waals surface area (Å²) in [5.41, 5.74) is 6.34. The van der Waals surface area contributed by atoms with Crippen LogP contribution in [0.25, 0.3) is 22.2 Å². The lowest BCUT2D eigenvalue weighted by atomic mass is 9.96. The Hall–Kier alpha value is -2.35. The summed E-state index contributed by atoms with van der Waals surface area (Å²) in [6.45, 7) is 8.78. The van der Waals surface area contributed by atoms with Crippen molar-refractivity contribution in [2.24, 2.45) is 0 Å². The van der Waals surface area contributed by atoms with E-state index in [1.807, 2.05) is 0 Å². The number of carbonyl (C=O) groups excluding carboxylic acids is 1. The zero-order chi connectivity index (χ0) is 17.3. The van der Waals surface area contributed by atoms with E-state index in [0.29, 0.717) is 11.8 Å². The van der Waals surface area contributed by atoms with Gasteiger partial charge in [0, 0.05) is 16.5 Å². The molecule has 2 heteroatoms. The van der Waals surface area contributed by atoms with Crippen LogP contribution in [0.15, 0.2) is 42.5 Å². The average Bonchev–Trinajstić information content (AvgIpc) is 2.98. The maximum absolute atomic E-state index is 11.8. The van der Waals surface area contributed by atoms with E-state index in [-0.39, 0.29) is 0 Å². The summed E-state index contributed by atoms with van der Waals surface area (Å²) >= 11 is 0. The molecule has 1 aromatic heterocycles. The molecule has 0 radical (unpaired) electrons. The quantitative estimate of drug-likeness (QED) is 0.551. The Kier molecular flexibility index (Phi) is 4.57. The van der Waals surface area contributed by atoms with Gasteiger partial charge in [-0.1, -0.05) is 58.0 Å². The van der Waals surface area contributed by atoms with Gasteiger partial charge in [0.2, 0.25) is 0 Å². The predicted octanol–water partition coefficient (Wildman–Crippen LogP) is 6.28. The third-order valence-corrected chi connectivity index (χ3v) is 5.03. The number of fused-ring (bicyclic) bond motifs is 1. The largest absolute Gasteiger partial charge is 0.354 e. The second-order valence-electron chi connectivity index (χ2n) is 6.92. The monoisotopic (exact) mass is 319 g/mol. The van der Waals surface area contributed by atoms with Crippen molar-refractivity contribution < 1.29 is 4.79 Å². The highest BCUT2D eigenvalue weighted by Crippen LogP contribution is 2.32. The molecule has 2 nitrogen and oxygen atoms in total. The third-order valence-electron chi connectivity index (χ3n) is 5.03. The van der Waals surface area contributed by atoms with Gasteiger partial charge in [-0.25, -0.2) is 0 Å². The Bertz CT molecular complexity index is 856. The highest BCUT2D eigenvalue weighted by Gasteiger charge is 2.14. The van der Waals surface area contributed by atoms with Crippen LogP contribution < -0.4 is 0 Å². The summed E-state index contributed by atoms with van der Waals surface area (Å²) in [5.74, 6) is 1.00. The van der Waals surface area contributed by atoms with E-state index in [0.717, 1.165) is 40.4 Å². The van der Waals surface area contributed by atoms with Gasteiger partial charge in [0.25, 0.3) is 0 Å². The van der Waals surface area contributed by atoms with Crippen molar-refractivity contribution in [2.45, 2.75) is 46.0 Å². The number of H-pyrrole nitrogens is 1. The number of aldehydes is 1. The second kappa shape index (κ2) is 6.64. The highest BCUT2D eigenvalue weighted by atomic mass is 16.1. The molecule has 0 saturated carbocycles. The lowest BCUT2D eigenvalue weighted by molar-refractivity contribution is 0.112. The molecule has 1 unspecified atom stereocenters. The molecule has 0 bridgehead atoms. The molecule has 0 amide bonds. The molecule has 0 spiro atoms. The van der Waals surface area contributed by atoms with E-state index in [1.54, 1.807) is 0 Å². The van der Waals surface area contributed by atoms with Crippen LogP contribution >= 0.6 is 0 Å². The molecule has 0 saturated heterocycles. The summed E-state index contributed by atoms with van der Waals surface area (Å²) in [4.78, 5) is 15.2. The molecule has 0 aliphatic rings. The van der Waals surface area contributed by atoms with Crippen LogP contribution in [0.4, 0.5) is 0 Å². The van der Waals surface area contributed by atoms with Crippen LogP contribution in [-0.4, -0.2) is 11.3 Å².